The van der Waals surface area contributed by atoms with Gasteiger partial charge in [0.25, 0.3) is 10.0 Å². The topological polar surface area (TPSA) is 92.5 Å². The Balaban J connectivity index is 2.30. The summed E-state index contributed by atoms with van der Waals surface area (Å²) in [4.78, 5) is 11.1. The lowest BCUT2D eigenvalue weighted by atomic mass is 9.92. The first kappa shape index (κ1) is 14.0. The van der Waals surface area contributed by atoms with E-state index in [1.54, 1.807) is 7.05 Å². The van der Waals surface area contributed by atoms with Crippen LogP contribution in [0.1, 0.15) is 13.3 Å². The van der Waals surface area contributed by atoms with Gasteiger partial charge in [-0.05, 0) is 18.4 Å². The molecule has 1 aliphatic heterocycles. The lowest BCUT2D eigenvalue weighted by Gasteiger charge is -2.33. The van der Waals surface area contributed by atoms with Crippen LogP contribution >= 0.6 is 0 Å². The first-order chi connectivity index (χ1) is 8.82. The number of aliphatic carboxylic acids is 1. The van der Waals surface area contributed by atoms with Gasteiger partial charge < -0.3 is 5.11 Å². The molecule has 8 heteroatoms. The molecule has 0 bridgehead atoms. The van der Waals surface area contributed by atoms with E-state index in [0.717, 1.165) is 0 Å². The minimum atomic E-state index is -3.68. The standard InChI is InChI=1S/C11H17N3O4S/c1-8-5-9(11(15)16)7-14(6-8)19(17,18)10-3-4-12-13(10)2/h3-4,8-9H,5-7H2,1-2H3,(H,15,16). The molecule has 2 rings (SSSR count). The monoisotopic (exact) mass is 287 g/mol. The number of carbonyl (C=O) groups is 1. The minimum absolute atomic E-state index is 0.0210. The zero-order valence-electron chi connectivity index (χ0n) is 10.9. The summed E-state index contributed by atoms with van der Waals surface area (Å²) in [7, 11) is -2.13. The van der Waals surface area contributed by atoms with Crippen LogP contribution in [-0.4, -0.2) is 46.7 Å². The molecule has 2 atom stereocenters. The van der Waals surface area contributed by atoms with Crippen molar-refractivity contribution in [3.05, 3.63) is 12.3 Å². The molecule has 1 saturated heterocycles. The van der Waals surface area contributed by atoms with Crippen molar-refractivity contribution in [2.75, 3.05) is 13.1 Å². The molecule has 0 aliphatic carbocycles. The molecule has 0 saturated carbocycles. The molecule has 1 aromatic heterocycles. The van der Waals surface area contributed by atoms with Gasteiger partial charge in [-0.25, -0.2) is 8.42 Å². The summed E-state index contributed by atoms with van der Waals surface area (Å²) in [6.07, 6.45) is 1.92. The molecular formula is C11H17N3O4S. The maximum Gasteiger partial charge on any atom is 0.307 e. The normalized spacial score (nSPS) is 25.4. The predicted octanol–water partition coefficient (Wildman–Crippen LogP) is 0.151. The van der Waals surface area contributed by atoms with E-state index in [1.807, 2.05) is 6.92 Å². The summed E-state index contributed by atoms with van der Waals surface area (Å²) in [6.45, 7) is 2.23. The molecule has 1 fully saturated rings. The van der Waals surface area contributed by atoms with Gasteiger partial charge in [0.15, 0.2) is 5.03 Å². The maximum absolute atomic E-state index is 12.5. The molecule has 7 nitrogen and oxygen atoms in total. The molecule has 0 amide bonds. The number of carboxylic acids is 1. The Hall–Kier alpha value is -1.41. The van der Waals surface area contributed by atoms with Gasteiger partial charge in [-0.2, -0.15) is 9.40 Å². The Bertz CT molecular complexity index is 581. The van der Waals surface area contributed by atoms with Crippen LogP contribution < -0.4 is 0 Å². The van der Waals surface area contributed by atoms with E-state index < -0.39 is 21.9 Å². The van der Waals surface area contributed by atoms with E-state index in [9.17, 15) is 13.2 Å². The van der Waals surface area contributed by atoms with Crippen LogP contribution in [0.3, 0.4) is 0 Å². The van der Waals surface area contributed by atoms with E-state index in [1.165, 1.54) is 21.3 Å². The highest BCUT2D eigenvalue weighted by atomic mass is 32.2. The second-order valence-corrected chi connectivity index (χ2v) is 6.88. The third kappa shape index (κ3) is 2.64. The lowest BCUT2D eigenvalue weighted by molar-refractivity contribution is -0.143. The number of carboxylic acid groups (broad SMARTS) is 1. The van der Waals surface area contributed by atoms with E-state index in [-0.39, 0.29) is 17.5 Å². The Morgan fingerprint density at radius 3 is 2.68 bits per heavy atom. The highest BCUT2D eigenvalue weighted by Crippen LogP contribution is 2.26. The summed E-state index contributed by atoms with van der Waals surface area (Å²) >= 11 is 0. The fraction of sp³-hybridized carbons (Fsp3) is 0.636. The van der Waals surface area contributed by atoms with Crippen molar-refractivity contribution in [2.24, 2.45) is 18.9 Å². The fourth-order valence-corrected chi connectivity index (χ4v) is 4.13. The van der Waals surface area contributed by atoms with Gasteiger partial charge in [0, 0.05) is 20.1 Å². The van der Waals surface area contributed by atoms with E-state index in [0.29, 0.717) is 13.0 Å². The van der Waals surface area contributed by atoms with E-state index in [4.69, 9.17) is 5.11 Å². The number of nitrogens with zero attached hydrogens (tertiary/aromatic N) is 3. The fourth-order valence-electron chi connectivity index (χ4n) is 2.42. The Kier molecular flexibility index (Phi) is 3.64. The highest BCUT2D eigenvalue weighted by Gasteiger charge is 2.37. The van der Waals surface area contributed by atoms with Crippen LogP contribution in [0.5, 0.6) is 0 Å². The van der Waals surface area contributed by atoms with Gasteiger partial charge in [0.1, 0.15) is 0 Å². The molecule has 0 aromatic carbocycles. The van der Waals surface area contributed by atoms with Crippen LogP contribution in [0.2, 0.25) is 0 Å². The zero-order valence-corrected chi connectivity index (χ0v) is 11.7. The maximum atomic E-state index is 12.5. The largest absolute Gasteiger partial charge is 0.481 e. The number of sulfonamides is 1. The average Bonchev–Trinajstić information content (AvgIpc) is 2.75. The third-order valence-electron chi connectivity index (χ3n) is 3.36. The summed E-state index contributed by atoms with van der Waals surface area (Å²) in [5.41, 5.74) is 0. The van der Waals surface area contributed by atoms with Crippen LogP contribution in [0.4, 0.5) is 0 Å². The van der Waals surface area contributed by atoms with E-state index >= 15 is 0 Å². The molecule has 106 valence electrons. The molecule has 2 heterocycles. The lowest BCUT2D eigenvalue weighted by Crippen LogP contribution is -2.45. The SMILES string of the molecule is CC1CC(C(=O)O)CN(S(=O)(=O)c2ccnn2C)C1. The molecule has 19 heavy (non-hydrogen) atoms. The van der Waals surface area contributed by atoms with E-state index in [2.05, 4.69) is 5.10 Å². The molecule has 0 spiro atoms. The minimum Gasteiger partial charge on any atom is -0.481 e. The molecule has 1 aromatic rings. The summed E-state index contributed by atoms with van der Waals surface area (Å²) in [6, 6.07) is 1.42. The quantitative estimate of drug-likeness (QED) is 0.854. The Morgan fingerprint density at radius 1 is 1.47 bits per heavy atom. The van der Waals surface area contributed by atoms with Gasteiger partial charge in [-0.3, -0.25) is 9.48 Å². The summed E-state index contributed by atoms with van der Waals surface area (Å²) in [5.74, 6) is -1.57. The second-order valence-electron chi connectivity index (χ2n) is 4.99. The average molecular weight is 287 g/mol. The number of aromatic nitrogens is 2. The summed E-state index contributed by atoms with van der Waals surface area (Å²) in [5, 5.41) is 13.0. The Morgan fingerprint density at radius 2 is 2.16 bits per heavy atom. The second kappa shape index (κ2) is 4.93. The summed E-state index contributed by atoms with van der Waals surface area (Å²) < 4.78 is 27.4. The van der Waals surface area contributed by atoms with Crippen LogP contribution in [0, 0.1) is 11.8 Å². The number of piperidine rings is 1. The predicted molar refractivity (Wildman–Crippen MR) is 66.9 cm³/mol. The van der Waals surface area contributed by atoms with Crippen molar-refractivity contribution >= 4 is 16.0 Å². The van der Waals surface area contributed by atoms with Crippen LogP contribution in [-0.2, 0) is 21.9 Å². The van der Waals surface area contributed by atoms with Crippen LogP contribution in [0.15, 0.2) is 17.3 Å². The number of rotatable bonds is 3. The number of aryl methyl sites for hydroxylation is 1. The first-order valence-corrected chi connectivity index (χ1v) is 7.47. The van der Waals surface area contributed by atoms with Crippen LogP contribution in [0.25, 0.3) is 0 Å². The molecule has 0 radical (unpaired) electrons. The van der Waals surface area contributed by atoms with Crippen molar-refractivity contribution < 1.29 is 18.3 Å². The van der Waals surface area contributed by atoms with Gasteiger partial charge in [-0.15, -0.1) is 0 Å². The van der Waals surface area contributed by atoms with Gasteiger partial charge >= 0.3 is 5.97 Å². The van der Waals surface area contributed by atoms with Crippen molar-refractivity contribution in [1.29, 1.82) is 0 Å². The molecule has 1 N–H and O–H groups in total. The van der Waals surface area contributed by atoms with Crippen molar-refractivity contribution in [2.45, 2.75) is 18.4 Å². The molecule has 1 aliphatic rings. The third-order valence-corrected chi connectivity index (χ3v) is 5.26. The first-order valence-electron chi connectivity index (χ1n) is 6.03. The smallest absolute Gasteiger partial charge is 0.307 e. The Labute approximate surface area is 111 Å². The van der Waals surface area contributed by atoms with Crippen molar-refractivity contribution in [3.8, 4) is 0 Å². The van der Waals surface area contributed by atoms with Crippen molar-refractivity contribution in [3.63, 3.8) is 0 Å². The molecular weight excluding hydrogens is 270 g/mol. The van der Waals surface area contributed by atoms with Crippen molar-refractivity contribution in [1.82, 2.24) is 14.1 Å². The van der Waals surface area contributed by atoms with Gasteiger partial charge in [0.05, 0.1) is 12.1 Å². The zero-order chi connectivity index (χ0) is 14.2. The molecule has 2 unspecified atom stereocenters. The number of hydrogen-bond donors (Lipinski definition) is 1. The number of hydrogen-bond acceptors (Lipinski definition) is 4. The van der Waals surface area contributed by atoms with Gasteiger partial charge in [-0.1, -0.05) is 6.92 Å². The highest BCUT2D eigenvalue weighted by molar-refractivity contribution is 7.89. The van der Waals surface area contributed by atoms with Gasteiger partial charge in [0.2, 0.25) is 0 Å².